The van der Waals surface area contributed by atoms with E-state index in [9.17, 15) is 9.18 Å². The van der Waals surface area contributed by atoms with Crippen molar-refractivity contribution >= 4 is 17.7 Å². The first-order valence-corrected chi connectivity index (χ1v) is 6.08. The quantitative estimate of drug-likeness (QED) is 0.799. The molecule has 0 unspecified atom stereocenters. The second-order valence-corrected chi connectivity index (χ2v) is 4.20. The second kappa shape index (κ2) is 5.75. The van der Waals surface area contributed by atoms with E-state index in [1.807, 2.05) is 6.26 Å². The summed E-state index contributed by atoms with van der Waals surface area (Å²) in [6.07, 6.45) is 1.98. The molecule has 0 saturated carbocycles. The molecule has 0 aliphatic heterocycles. The zero-order valence-corrected chi connectivity index (χ0v) is 9.66. The number of thioether (sulfide) groups is 1. The normalized spacial score (nSPS) is 10.1. The van der Waals surface area contributed by atoms with Gasteiger partial charge in [0.2, 0.25) is 0 Å². The number of hydrogen-bond acceptors (Lipinski definition) is 2. The molecule has 2 nitrogen and oxygen atoms in total. The number of benzene rings is 1. The molecule has 1 N–H and O–H groups in total. The highest BCUT2D eigenvalue weighted by atomic mass is 32.2. The van der Waals surface area contributed by atoms with E-state index < -0.39 is 0 Å². The molecular formula is C11H14FNOS. The average Bonchev–Trinajstić information content (AvgIpc) is 2.22. The second-order valence-electron chi connectivity index (χ2n) is 3.21. The van der Waals surface area contributed by atoms with Crippen molar-refractivity contribution in [2.45, 2.75) is 6.92 Å². The maximum absolute atomic E-state index is 12.9. The summed E-state index contributed by atoms with van der Waals surface area (Å²) >= 11 is 1.67. The Bertz CT molecular complexity index is 354. The molecule has 0 aliphatic rings. The number of aryl methyl sites for hydroxylation is 1. The van der Waals surface area contributed by atoms with Crippen LogP contribution in [-0.4, -0.2) is 24.5 Å². The van der Waals surface area contributed by atoms with Crippen molar-refractivity contribution in [2.75, 3.05) is 18.6 Å². The molecule has 1 aromatic carbocycles. The lowest BCUT2D eigenvalue weighted by molar-refractivity contribution is 0.0956. The largest absolute Gasteiger partial charge is 0.351 e. The molecule has 1 rings (SSSR count). The highest BCUT2D eigenvalue weighted by molar-refractivity contribution is 7.98. The molecule has 4 heteroatoms. The maximum Gasteiger partial charge on any atom is 0.251 e. The Labute approximate surface area is 93.3 Å². The summed E-state index contributed by atoms with van der Waals surface area (Å²) in [6.45, 7) is 2.28. The topological polar surface area (TPSA) is 29.1 Å². The van der Waals surface area contributed by atoms with Crippen LogP contribution in [0, 0.1) is 12.7 Å². The van der Waals surface area contributed by atoms with Gasteiger partial charge in [-0.25, -0.2) is 4.39 Å². The van der Waals surface area contributed by atoms with Gasteiger partial charge in [-0.05, 0) is 36.9 Å². The first-order valence-electron chi connectivity index (χ1n) is 4.68. The van der Waals surface area contributed by atoms with Crippen molar-refractivity contribution in [3.8, 4) is 0 Å². The van der Waals surface area contributed by atoms with E-state index >= 15 is 0 Å². The SMILES string of the molecule is CSCCNC(=O)c1ccc(F)c(C)c1. The Kier molecular flexibility index (Phi) is 4.62. The van der Waals surface area contributed by atoms with Crippen molar-refractivity contribution in [1.82, 2.24) is 5.32 Å². The van der Waals surface area contributed by atoms with Crippen molar-refractivity contribution in [1.29, 1.82) is 0 Å². The number of hydrogen-bond donors (Lipinski definition) is 1. The third kappa shape index (κ3) is 3.55. The zero-order chi connectivity index (χ0) is 11.3. The van der Waals surface area contributed by atoms with Crippen molar-refractivity contribution in [3.05, 3.63) is 35.1 Å². The van der Waals surface area contributed by atoms with E-state index in [4.69, 9.17) is 0 Å². The standard InChI is InChI=1S/C11H14FNOS/c1-8-7-9(3-4-10(8)12)11(14)13-5-6-15-2/h3-4,7H,5-6H2,1-2H3,(H,13,14). The van der Waals surface area contributed by atoms with E-state index in [0.717, 1.165) is 5.75 Å². The molecule has 0 bridgehead atoms. The van der Waals surface area contributed by atoms with E-state index in [1.165, 1.54) is 12.1 Å². The summed E-state index contributed by atoms with van der Waals surface area (Å²) in [5.74, 6) is 0.453. The predicted octanol–water partition coefficient (Wildman–Crippen LogP) is 2.23. The molecule has 0 heterocycles. The van der Waals surface area contributed by atoms with Gasteiger partial charge in [-0.15, -0.1) is 0 Å². The summed E-state index contributed by atoms with van der Waals surface area (Å²) in [6, 6.07) is 4.37. The molecule has 0 aromatic heterocycles. The fourth-order valence-corrected chi connectivity index (χ4v) is 1.46. The molecule has 82 valence electrons. The van der Waals surface area contributed by atoms with Crippen molar-refractivity contribution in [3.63, 3.8) is 0 Å². The lowest BCUT2D eigenvalue weighted by Crippen LogP contribution is -2.25. The van der Waals surface area contributed by atoms with Gasteiger partial charge in [0.1, 0.15) is 5.82 Å². The minimum Gasteiger partial charge on any atom is -0.351 e. The third-order valence-electron chi connectivity index (χ3n) is 2.01. The number of amides is 1. The van der Waals surface area contributed by atoms with Gasteiger partial charge in [-0.1, -0.05) is 0 Å². The molecule has 1 amide bonds. The predicted molar refractivity (Wildman–Crippen MR) is 61.9 cm³/mol. The molecule has 0 atom stereocenters. The van der Waals surface area contributed by atoms with Gasteiger partial charge in [0.25, 0.3) is 5.91 Å². The van der Waals surface area contributed by atoms with Crippen LogP contribution in [0.4, 0.5) is 4.39 Å². The Balaban J connectivity index is 2.62. The van der Waals surface area contributed by atoms with Crippen LogP contribution in [-0.2, 0) is 0 Å². The fourth-order valence-electron chi connectivity index (χ4n) is 1.15. The van der Waals surface area contributed by atoms with E-state index in [2.05, 4.69) is 5.32 Å². The van der Waals surface area contributed by atoms with Gasteiger partial charge < -0.3 is 5.32 Å². The number of nitrogens with one attached hydrogen (secondary N) is 1. The van der Waals surface area contributed by atoms with Crippen LogP contribution in [0.2, 0.25) is 0 Å². The lowest BCUT2D eigenvalue weighted by Gasteiger charge is -2.05. The Morgan fingerprint density at radius 3 is 2.87 bits per heavy atom. The zero-order valence-electron chi connectivity index (χ0n) is 8.84. The van der Waals surface area contributed by atoms with Crippen LogP contribution < -0.4 is 5.32 Å². The molecule has 0 spiro atoms. The molecular weight excluding hydrogens is 213 g/mol. The first kappa shape index (κ1) is 12.0. The highest BCUT2D eigenvalue weighted by Crippen LogP contribution is 2.08. The number of carbonyl (C=O) groups excluding carboxylic acids is 1. The van der Waals surface area contributed by atoms with Gasteiger partial charge in [-0.2, -0.15) is 11.8 Å². The summed E-state index contributed by atoms with van der Waals surface area (Å²) < 4.78 is 12.9. The van der Waals surface area contributed by atoms with Crippen LogP contribution in [0.25, 0.3) is 0 Å². The third-order valence-corrected chi connectivity index (χ3v) is 2.62. The molecule has 0 saturated heterocycles. The summed E-state index contributed by atoms with van der Waals surface area (Å²) in [5.41, 5.74) is 1.00. The fraction of sp³-hybridized carbons (Fsp3) is 0.364. The maximum atomic E-state index is 12.9. The molecule has 0 aliphatic carbocycles. The lowest BCUT2D eigenvalue weighted by atomic mass is 10.1. The van der Waals surface area contributed by atoms with Gasteiger partial charge in [0, 0.05) is 17.9 Å². The van der Waals surface area contributed by atoms with Crippen LogP contribution in [0.5, 0.6) is 0 Å². The minimum absolute atomic E-state index is 0.146. The Morgan fingerprint density at radius 1 is 1.53 bits per heavy atom. The van der Waals surface area contributed by atoms with Gasteiger partial charge >= 0.3 is 0 Å². The van der Waals surface area contributed by atoms with Crippen molar-refractivity contribution in [2.24, 2.45) is 0 Å². The summed E-state index contributed by atoms with van der Waals surface area (Å²) in [7, 11) is 0. The Hall–Kier alpha value is -1.03. The van der Waals surface area contributed by atoms with Gasteiger partial charge in [0.15, 0.2) is 0 Å². The van der Waals surface area contributed by atoms with Gasteiger partial charge in [-0.3, -0.25) is 4.79 Å². The van der Waals surface area contributed by atoms with E-state index in [0.29, 0.717) is 17.7 Å². The van der Waals surface area contributed by atoms with Crippen molar-refractivity contribution < 1.29 is 9.18 Å². The number of carbonyl (C=O) groups is 1. The molecule has 0 radical (unpaired) electrons. The molecule has 1 aromatic rings. The average molecular weight is 227 g/mol. The van der Waals surface area contributed by atoms with Crippen LogP contribution >= 0.6 is 11.8 Å². The minimum atomic E-state index is -0.282. The molecule has 15 heavy (non-hydrogen) atoms. The number of halogens is 1. The van der Waals surface area contributed by atoms with E-state index in [1.54, 1.807) is 24.8 Å². The summed E-state index contributed by atoms with van der Waals surface area (Å²) in [5, 5.41) is 2.76. The first-order chi connectivity index (χ1) is 7.15. The Morgan fingerprint density at radius 2 is 2.27 bits per heavy atom. The smallest absolute Gasteiger partial charge is 0.251 e. The van der Waals surface area contributed by atoms with Crippen LogP contribution in [0.15, 0.2) is 18.2 Å². The molecule has 0 fully saturated rings. The van der Waals surface area contributed by atoms with Crippen LogP contribution in [0.3, 0.4) is 0 Å². The van der Waals surface area contributed by atoms with Crippen LogP contribution in [0.1, 0.15) is 15.9 Å². The number of rotatable bonds is 4. The van der Waals surface area contributed by atoms with Gasteiger partial charge in [0.05, 0.1) is 0 Å². The van der Waals surface area contributed by atoms with E-state index in [-0.39, 0.29) is 11.7 Å². The summed E-state index contributed by atoms with van der Waals surface area (Å²) in [4.78, 5) is 11.5. The highest BCUT2D eigenvalue weighted by Gasteiger charge is 2.06. The monoisotopic (exact) mass is 227 g/mol.